The Morgan fingerprint density at radius 3 is 0.745 bits per heavy atom. The molecular formula is C42H44N2O2V. The van der Waals surface area contributed by atoms with Crippen LogP contribution < -0.4 is 0 Å². The minimum atomic E-state index is 0. The molecule has 0 atom stereocenters. The van der Waals surface area contributed by atoms with Crippen LogP contribution in [0.25, 0.3) is 44.5 Å². The number of nitrogens with zero attached hydrogens (tertiary/aromatic N) is 2. The zero-order valence-electron chi connectivity index (χ0n) is 27.7. The van der Waals surface area contributed by atoms with Crippen LogP contribution in [0.2, 0.25) is 0 Å². The molecule has 0 aliphatic heterocycles. The summed E-state index contributed by atoms with van der Waals surface area (Å²) >= 11 is 0. The number of para-hydroxylation sites is 2. The maximum absolute atomic E-state index is 10.5. The molecule has 0 fully saturated rings. The first kappa shape index (κ1) is 36.9. The molecule has 4 nitrogen and oxygen atoms in total. The summed E-state index contributed by atoms with van der Waals surface area (Å²) in [5.74, 6) is 0.666. The van der Waals surface area contributed by atoms with E-state index in [4.69, 9.17) is 0 Å². The number of phenols is 2. The van der Waals surface area contributed by atoms with E-state index in [0.717, 1.165) is 57.6 Å². The van der Waals surface area contributed by atoms with Crippen molar-refractivity contribution in [1.82, 2.24) is 9.80 Å². The van der Waals surface area contributed by atoms with Gasteiger partial charge in [-0.15, -0.1) is 0 Å². The molecule has 47 heavy (non-hydrogen) atoms. The minimum absolute atomic E-state index is 0. The Morgan fingerprint density at radius 2 is 0.553 bits per heavy atom. The fraction of sp³-hybridized carbons (Fsp3) is 0.143. The smallest absolute Gasteiger partial charge is 0.131 e. The summed E-state index contributed by atoms with van der Waals surface area (Å²) in [7, 11) is 8.35. The van der Waals surface area contributed by atoms with E-state index < -0.39 is 0 Å². The van der Waals surface area contributed by atoms with Crippen LogP contribution >= 0.6 is 0 Å². The van der Waals surface area contributed by atoms with Gasteiger partial charge >= 0.3 is 0 Å². The Kier molecular flexibility index (Phi) is 15.0. The molecule has 0 bridgehead atoms. The number of hydrogen-bond acceptors (Lipinski definition) is 4. The third kappa shape index (κ3) is 11.0. The standard InChI is InChI=1S/2C18H14O.C6H16N2.V/c2*19-18-16(14-8-3-1-4-9-14)12-7-13-17(18)15-10-5-2-6-11-15;1-7(2)5-6-8(3)4;/h2*1-13,19H;5-6H2,1-4H3;. The number of likely N-dealkylation sites (N-methyl/N-ethyl adjacent to an activating group) is 2. The molecule has 0 spiro atoms. The molecule has 239 valence electrons. The summed E-state index contributed by atoms with van der Waals surface area (Å²) in [6, 6.07) is 51.5. The van der Waals surface area contributed by atoms with Crippen LogP contribution in [0, 0.1) is 0 Å². The molecular weight excluding hydrogens is 615 g/mol. The van der Waals surface area contributed by atoms with Crippen LogP contribution in [-0.2, 0) is 18.6 Å². The molecule has 1 radical (unpaired) electrons. The van der Waals surface area contributed by atoms with E-state index in [0.29, 0.717) is 11.5 Å². The summed E-state index contributed by atoms with van der Waals surface area (Å²) in [5, 5.41) is 21.0. The van der Waals surface area contributed by atoms with E-state index in [1.165, 1.54) is 0 Å². The Balaban J connectivity index is 0.000000206. The quantitative estimate of drug-likeness (QED) is 0.179. The van der Waals surface area contributed by atoms with Crippen molar-refractivity contribution in [1.29, 1.82) is 0 Å². The fourth-order valence-corrected chi connectivity index (χ4v) is 4.89. The molecule has 0 aliphatic rings. The molecule has 6 aromatic carbocycles. The van der Waals surface area contributed by atoms with Crippen LogP contribution in [0.3, 0.4) is 0 Å². The van der Waals surface area contributed by atoms with Crippen LogP contribution in [0.5, 0.6) is 11.5 Å². The first-order chi connectivity index (χ1) is 22.3. The SMILES string of the molecule is CN(C)CCN(C)C.Oc1c(-c2ccccc2)cccc1-c1ccccc1.Oc1c(-c2ccccc2)cccc1-c1ccccc1.[V]. The van der Waals surface area contributed by atoms with Gasteiger partial charge in [-0.05, 0) is 50.4 Å². The molecule has 0 aromatic heterocycles. The molecule has 0 unspecified atom stereocenters. The van der Waals surface area contributed by atoms with Crippen molar-refractivity contribution in [3.63, 3.8) is 0 Å². The number of rotatable bonds is 7. The van der Waals surface area contributed by atoms with Gasteiger partial charge < -0.3 is 20.0 Å². The Hall–Kier alpha value is -4.58. The topological polar surface area (TPSA) is 46.9 Å². The van der Waals surface area contributed by atoms with Gasteiger partial charge in [0.1, 0.15) is 11.5 Å². The zero-order valence-corrected chi connectivity index (χ0v) is 29.1. The van der Waals surface area contributed by atoms with Crippen LogP contribution in [0.15, 0.2) is 158 Å². The predicted molar refractivity (Wildman–Crippen MR) is 195 cm³/mol. The summed E-state index contributed by atoms with van der Waals surface area (Å²) in [5.41, 5.74) is 7.55. The molecule has 2 N–H and O–H groups in total. The molecule has 0 heterocycles. The second-order valence-corrected chi connectivity index (χ2v) is 11.5. The van der Waals surface area contributed by atoms with Crippen molar-refractivity contribution in [3.05, 3.63) is 158 Å². The van der Waals surface area contributed by atoms with Crippen molar-refractivity contribution in [2.45, 2.75) is 0 Å². The second-order valence-electron chi connectivity index (χ2n) is 11.5. The maximum Gasteiger partial charge on any atom is 0.131 e. The average Bonchev–Trinajstić information content (AvgIpc) is 3.10. The van der Waals surface area contributed by atoms with E-state index in [1.807, 2.05) is 158 Å². The van der Waals surface area contributed by atoms with Crippen LogP contribution in [0.1, 0.15) is 0 Å². The molecule has 0 amide bonds. The van der Waals surface area contributed by atoms with Gasteiger partial charge in [0, 0.05) is 53.9 Å². The van der Waals surface area contributed by atoms with Crippen LogP contribution in [-0.4, -0.2) is 61.3 Å². The van der Waals surface area contributed by atoms with Crippen molar-refractivity contribution in [2.24, 2.45) is 0 Å². The maximum atomic E-state index is 10.5. The fourth-order valence-electron chi connectivity index (χ4n) is 4.89. The van der Waals surface area contributed by atoms with E-state index in [-0.39, 0.29) is 18.6 Å². The van der Waals surface area contributed by atoms with Gasteiger partial charge in [0.05, 0.1) is 0 Å². The molecule has 5 heteroatoms. The largest absolute Gasteiger partial charge is 0.507 e. The van der Waals surface area contributed by atoms with Gasteiger partial charge in [-0.2, -0.15) is 0 Å². The molecule has 6 aromatic rings. The first-order valence-corrected chi connectivity index (χ1v) is 15.5. The summed E-state index contributed by atoms with van der Waals surface area (Å²) in [6.45, 7) is 2.29. The number of hydrogen-bond donors (Lipinski definition) is 2. The molecule has 0 aliphatic carbocycles. The van der Waals surface area contributed by atoms with E-state index in [9.17, 15) is 10.2 Å². The Bertz CT molecular complexity index is 1500. The number of aromatic hydroxyl groups is 2. The summed E-state index contributed by atoms with van der Waals surface area (Å²) in [4.78, 5) is 4.36. The van der Waals surface area contributed by atoms with Crippen LogP contribution in [0.4, 0.5) is 0 Å². The van der Waals surface area contributed by atoms with Gasteiger partial charge in [0.15, 0.2) is 0 Å². The molecule has 6 rings (SSSR count). The summed E-state index contributed by atoms with van der Waals surface area (Å²) < 4.78 is 0. The second kappa shape index (κ2) is 19.2. The van der Waals surface area contributed by atoms with Crippen molar-refractivity contribution in [2.75, 3.05) is 41.3 Å². The van der Waals surface area contributed by atoms with Gasteiger partial charge in [-0.3, -0.25) is 0 Å². The van der Waals surface area contributed by atoms with E-state index in [1.54, 1.807) is 0 Å². The first-order valence-electron chi connectivity index (χ1n) is 15.5. The van der Waals surface area contributed by atoms with Gasteiger partial charge in [-0.25, -0.2) is 0 Å². The van der Waals surface area contributed by atoms with Gasteiger partial charge in [0.25, 0.3) is 0 Å². The molecule has 0 saturated carbocycles. The van der Waals surface area contributed by atoms with Gasteiger partial charge in [0.2, 0.25) is 0 Å². The van der Waals surface area contributed by atoms with Crippen molar-refractivity contribution < 1.29 is 28.8 Å². The normalized spacial score (nSPS) is 10.3. The van der Waals surface area contributed by atoms with Crippen molar-refractivity contribution >= 4 is 0 Å². The number of phenolic OH excluding ortho intramolecular Hbond substituents is 2. The van der Waals surface area contributed by atoms with Gasteiger partial charge in [-0.1, -0.05) is 158 Å². The third-order valence-corrected chi connectivity index (χ3v) is 7.41. The van der Waals surface area contributed by atoms with E-state index in [2.05, 4.69) is 38.0 Å². The van der Waals surface area contributed by atoms with E-state index >= 15 is 0 Å². The third-order valence-electron chi connectivity index (χ3n) is 7.41. The monoisotopic (exact) mass is 659 g/mol. The minimum Gasteiger partial charge on any atom is -0.507 e. The average molecular weight is 660 g/mol. The Morgan fingerprint density at radius 1 is 0.340 bits per heavy atom. The van der Waals surface area contributed by atoms with Crippen molar-refractivity contribution in [3.8, 4) is 56.0 Å². The molecule has 0 saturated heterocycles. The summed E-state index contributed by atoms with van der Waals surface area (Å²) in [6.07, 6.45) is 0. The zero-order chi connectivity index (χ0) is 32.7. The number of benzene rings is 6. The Labute approximate surface area is 292 Å². The predicted octanol–water partition coefficient (Wildman–Crippen LogP) is 9.56.